The van der Waals surface area contributed by atoms with Gasteiger partial charge in [-0.3, -0.25) is 9.29 Å². The number of imidazole rings is 1. The van der Waals surface area contributed by atoms with Gasteiger partial charge in [-0.25, -0.2) is 4.79 Å². The van der Waals surface area contributed by atoms with E-state index in [1.165, 1.54) is 23.0 Å². The zero-order valence-electron chi connectivity index (χ0n) is 11.6. The molecule has 2 aromatic heterocycles. The molecular formula is C14H13N3O4S. The molecule has 0 fully saturated rings. The Morgan fingerprint density at radius 2 is 1.95 bits per heavy atom. The first kappa shape index (κ1) is 14.2. The van der Waals surface area contributed by atoms with Gasteiger partial charge in [0.2, 0.25) is 5.09 Å². The van der Waals surface area contributed by atoms with Crippen LogP contribution in [0.2, 0.25) is 0 Å². The van der Waals surface area contributed by atoms with E-state index in [9.17, 15) is 13.2 Å². The lowest BCUT2D eigenvalue weighted by Crippen LogP contribution is -2.19. The van der Waals surface area contributed by atoms with Gasteiger partial charge < -0.3 is 9.40 Å². The van der Waals surface area contributed by atoms with E-state index >= 15 is 0 Å². The van der Waals surface area contributed by atoms with Crippen molar-refractivity contribution in [1.29, 1.82) is 0 Å². The van der Waals surface area contributed by atoms with Gasteiger partial charge in [0.05, 0.1) is 17.6 Å². The van der Waals surface area contributed by atoms with Crippen molar-refractivity contribution in [3.63, 3.8) is 0 Å². The van der Waals surface area contributed by atoms with Gasteiger partial charge in [-0.1, -0.05) is 12.1 Å². The van der Waals surface area contributed by atoms with Crippen molar-refractivity contribution in [3.8, 4) is 5.69 Å². The number of rotatable bonds is 4. The second kappa shape index (κ2) is 5.23. The second-order valence-electron chi connectivity index (χ2n) is 4.63. The fourth-order valence-corrected chi connectivity index (χ4v) is 3.12. The number of aromatic nitrogens is 2. The third kappa shape index (κ3) is 2.44. The molecule has 0 radical (unpaired) electrons. The number of aromatic amines is 1. The molecule has 0 spiro atoms. The average molecular weight is 319 g/mol. The highest BCUT2D eigenvalue weighted by atomic mass is 32.2. The van der Waals surface area contributed by atoms with E-state index in [4.69, 9.17) is 4.42 Å². The Kier molecular flexibility index (Phi) is 3.38. The third-order valence-corrected chi connectivity index (χ3v) is 4.36. The first-order valence-electron chi connectivity index (χ1n) is 6.42. The molecule has 7 nitrogen and oxygen atoms in total. The highest BCUT2D eigenvalue weighted by Crippen LogP contribution is 2.23. The van der Waals surface area contributed by atoms with Crippen LogP contribution in [0, 0.1) is 6.92 Å². The summed E-state index contributed by atoms with van der Waals surface area (Å²) in [6.07, 6.45) is 2.83. The summed E-state index contributed by atoms with van der Waals surface area (Å²) in [6, 6.07) is 9.46. The Morgan fingerprint density at radius 1 is 1.18 bits per heavy atom. The number of hydrogen-bond acceptors (Lipinski definition) is 4. The van der Waals surface area contributed by atoms with E-state index in [1.807, 2.05) is 0 Å². The Morgan fingerprint density at radius 3 is 2.59 bits per heavy atom. The van der Waals surface area contributed by atoms with Crippen LogP contribution in [0.25, 0.3) is 5.69 Å². The van der Waals surface area contributed by atoms with Crippen LogP contribution in [-0.4, -0.2) is 18.0 Å². The van der Waals surface area contributed by atoms with Crippen molar-refractivity contribution in [2.45, 2.75) is 12.0 Å². The quantitative estimate of drug-likeness (QED) is 0.767. The Labute approximate surface area is 126 Å². The summed E-state index contributed by atoms with van der Waals surface area (Å²) in [5, 5.41) is -0.194. The van der Waals surface area contributed by atoms with Crippen LogP contribution in [0.4, 0.5) is 5.69 Å². The minimum absolute atomic E-state index is 0.194. The fraction of sp³-hybridized carbons (Fsp3) is 0.0714. The van der Waals surface area contributed by atoms with Gasteiger partial charge in [0.25, 0.3) is 10.0 Å². The molecule has 0 aliphatic carbocycles. The van der Waals surface area contributed by atoms with Crippen molar-refractivity contribution in [2.24, 2.45) is 0 Å². The van der Waals surface area contributed by atoms with Gasteiger partial charge in [-0.15, -0.1) is 0 Å². The van der Waals surface area contributed by atoms with Gasteiger partial charge in [-0.2, -0.15) is 8.42 Å². The van der Waals surface area contributed by atoms with E-state index in [-0.39, 0.29) is 16.5 Å². The van der Waals surface area contributed by atoms with Gasteiger partial charge in [0, 0.05) is 11.9 Å². The maximum atomic E-state index is 12.3. The van der Waals surface area contributed by atoms with Crippen molar-refractivity contribution < 1.29 is 12.8 Å². The van der Waals surface area contributed by atoms with Crippen LogP contribution in [0.5, 0.6) is 0 Å². The Balaban J connectivity index is 2.09. The van der Waals surface area contributed by atoms with E-state index in [1.54, 1.807) is 37.4 Å². The summed E-state index contributed by atoms with van der Waals surface area (Å²) >= 11 is 0. The highest BCUT2D eigenvalue weighted by molar-refractivity contribution is 7.92. The summed E-state index contributed by atoms with van der Waals surface area (Å²) in [7, 11) is -3.85. The van der Waals surface area contributed by atoms with E-state index < -0.39 is 10.0 Å². The van der Waals surface area contributed by atoms with Gasteiger partial charge in [0.1, 0.15) is 0 Å². The Bertz CT molecular complexity index is 952. The lowest BCUT2D eigenvalue weighted by atomic mass is 10.2. The molecule has 0 aliphatic rings. The molecule has 3 rings (SSSR count). The molecule has 0 atom stereocenters. The molecule has 0 saturated heterocycles. The van der Waals surface area contributed by atoms with Crippen LogP contribution < -0.4 is 10.4 Å². The zero-order chi connectivity index (χ0) is 15.7. The number of benzene rings is 1. The molecule has 2 N–H and O–H groups in total. The molecule has 0 aliphatic heterocycles. The maximum absolute atomic E-state index is 12.3. The molecule has 3 aromatic rings. The lowest BCUT2D eigenvalue weighted by Gasteiger charge is -2.12. The minimum atomic E-state index is -3.85. The van der Waals surface area contributed by atoms with Gasteiger partial charge >= 0.3 is 5.69 Å². The minimum Gasteiger partial charge on any atom is -0.451 e. The molecule has 1 aromatic carbocycles. The molecular weight excluding hydrogens is 306 g/mol. The zero-order valence-corrected chi connectivity index (χ0v) is 12.4. The van der Waals surface area contributed by atoms with Gasteiger partial charge in [-0.05, 0) is 31.2 Å². The van der Waals surface area contributed by atoms with E-state index in [0.29, 0.717) is 11.4 Å². The molecule has 2 heterocycles. The molecule has 114 valence electrons. The standard InChI is InChI=1S/C14H13N3O4S/c1-10-9-15-14(18)17(10)12-6-3-2-5-11(12)16-22(19,20)13-7-4-8-21-13/h2-9,16H,1H3,(H,15,18). The van der Waals surface area contributed by atoms with E-state index in [2.05, 4.69) is 9.71 Å². The molecule has 0 bridgehead atoms. The SMILES string of the molecule is Cc1c[nH]c(=O)n1-c1ccccc1NS(=O)(=O)c1ccco1. The number of aryl methyl sites for hydroxylation is 1. The average Bonchev–Trinajstić information content (AvgIpc) is 3.11. The number of hydrogen-bond donors (Lipinski definition) is 2. The van der Waals surface area contributed by atoms with E-state index in [0.717, 1.165) is 0 Å². The molecule has 8 heteroatoms. The predicted octanol–water partition coefficient (Wildman–Crippen LogP) is 1.87. The first-order chi connectivity index (χ1) is 10.5. The summed E-state index contributed by atoms with van der Waals surface area (Å²) < 4.78 is 33.3. The third-order valence-electron chi connectivity index (χ3n) is 3.11. The van der Waals surface area contributed by atoms with Crippen molar-refractivity contribution >= 4 is 15.7 Å². The number of nitrogens with one attached hydrogen (secondary N) is 2. The van der Waals surface area contributed by atoms with Crippen molar-refractivity contribution in [1.82, 2.24) is 9.55 Å². The van der Waals surface area contributed by atoms with Gasteiger partial charge in [0.15, 0.2) is 0 Å². The predicted molar refractivity (Wildman–Crippen MR) is 80.6 cm³/mol. The summed E-state index contributed by atoms with van der Waals surface area (Å²) in [4.78, 5) is 14.5. The molecule has 0 amide bonds. The topological polar surface area (TPSA) is 97.1 Å². The number of furan rings is 1. The first-order valence-corrected chi connectivity index (χ1v) is 7.90. The number of para-hydroxylation sites is 2. The van der Waals surface area contributed by atoms with Crippen molar-refractivity contribution in [3.05, 3.63) is 65.0 Å². The summed E-state index contributed by atoms with van der Waals surface area (Å²) in [5.41, 5.74) is 1.03. The number of nitrogens with zero attached hydrogens (tertiary/aromatic N) is 1. The molecule has 0 unspecified atom stereocenters. The monoisotopic (exact) mass is 319 g/mol. The second-order valence-corrected chi connectivity index (χ2v) is 6.24. The van der Waals surface area contributed by atoms with Crippen molar-refractivity contribution in [2.75, 3.05) is 4.72 Å². The lowest BCUT2D eigenvalue weighted by molar-refractivity contribution is 0.452. The Hall–Kier alpha value is -2.74. The fourth-order valence-electron chi connectivity index (χ4n) is 2.12. The maximum Gasteiger partial charge on any atom is 0.330 e. The normalized spacial score (nSPS) is 11.5. The number of anilines is 1. The van der Waals surface area contributed by atoms with Crippen LogP contribution in [-0.2, 0) is 10.0 Å². The van der Waals surface area contributed by atoms with Crippen LogP contribution in [0.3, 0.4) is 0 Å². The smallest absolute Gasteiger partial charge is 0.330 e. The summed E-state index contributed by atoms with van der Waals surface area (Å²) in [6.45, 7) is 1.75. The molecule has 22 heavy (non-hydrogen) atoms. The van der Waals surface area contributed by atoms with Crippen LogP contribution in [0.15, 0.2) is 63.2 Å². The number of sulfonamides is 1. The van der Waals surface area contributed by atoms with Crippen LogP contribution in [0.1, 0.15) is 5.69 Å². The number of H-pyrrole nitrogens is 1. The largest absolute Gasteiger partial charge is 0.451 e. The molecule has 0 saturated carbocycles. The summed E-state index contributed by atoms with van der Waals surface area (Å²) in [5.74, 6) is 0. The van der Waals surface area contributed by atoms with Crippen LogP contribution >= 0.6 is 0 Å². The highest BCUT2D eigenvalue weighted by Gasteiger charge is 2.19.